The average molecular weight is 496 g/mol. The summed E-state index contributed by atoms with van der Waals surface area (Å²) in [6.07, 6.45) is 1.79. The Labute approximate surface area is 189 Å². The number of carbonyl (C=O) groups excluding carboxylic acids is 1. The Morgan fingerprint density at radius 3 is 2.59 bits per heavy atom. The first-order valence-corrected chi connectivity index (χ1v) is 10.5. The number of nitrogens with zero attached hydrogens (tertiary/aromatic N) is 2. The molecule has 29 heavy (non-hydrogen) atoms. The van der Waals surface area contributed by atoms with Crippen LogP contribution in [0.25, 0.3) is 6.08 Å². The van der Waals surface area contributed by atoms with Crippen molar-refractivity contribution in [2.75, 3.05) is 20.7 Å². The minimum absolute atomic E-state index is 0.120. The Balaban J connectivity index is 1.90. The summed E-state index contributed by atoms with van der Waals surface area (Å²) in [5.74, 6) is 0.998. The molecule has 1 saturated heterocycles. The van der Waals surface area contributed by atoms with Gasteiger partial charge in [0.15, 0.2) is 16.6 Å². The van der Waals surface area contributed by atoms with Gasteiger partial charge in [0.2, 0.25) is 0 Å². The maximum atomic E-state index is 12.6. The van der Waals surface area contributed by atoms with E-state index >= 15 is 0 Å². The summed E-state index contributed by atoms with van der Waals surface area (Å²) >= 11 is 15.1. The first kappa shape index (κ1) is 21.6. The molecule has 1 amide bonds. The average Bonchev–Trinajstić information content (AvgIpc) is 2.91. The van der Waals surface area contributed by atoms with Crippen LogP contribution in [0.3, 0.4) is 0 Å². The summed E-state index contributed by atoms with van der Waals surface area (Å²) in [6, 6.07) is 11.1. The van der Waals surface area contributed by atoms with Crippen LogP contribution in [0.1, 0.15) is 18.1 Å². The van der Waals surface area contributed by atoms with Crippen molar-refractivity contribution in [1.29, 1.82) is 0 Å². The molecule has 8 heteroatoms. The summed E-state index contributed by atoms with van der Waals surface area (Å²) in [5, 5.41) is 1.14. The number of ether oxygens (including phenoxy) is 2. The number of amides is 1. The van der Waals surface area contributed by atoms with Gasteiger partial charge >= 0.3 is 0 Å². The molecule has 1 fully saturated rings. The lowest BCUT2D eigenvalue weighted by Gasteiger charge is -2.15. The van der Waals surface area contributed by atoms with E-state index in [1.807, 2.05) is 43.3 Å². The third-order valence-corrected chi connectivity index (χ3v) is 6.13. The van der Waals surface area contributed by atoms with E-state index in [0.717, 1.165) is 15.6 Å². The molecule has 0 atom stereocenters. The van der Waals surface area contributed by atoms with Crippen molar-refractivity contribution >= 4 is 56.8 Å². The fourth-order valence-electron chi connectivity index (χ4n) is 2.94. The van der Waals surface area contributed by atoms with Crippen molar-refractivity contribution in [3.8, 4) is 11.5 Å². The highest BCUT2D eigenvalue weighted by Crippen LogP contribution is 2.36. The molecule has 1 heterocycles. The van der Waals surface area contributed by atoms with Gasteiger partial charge in [0.25, 0.3) is 5.91 Å². The fourth-order valence-corrected chi connectivity index (χ4v) is 3.88. The molecular weight excluding hydrogens is 476 g/mol. The van der Waals surface area contributed by atoms with Crippen molar-refractivity contribution in [2.24, 2.45) is 0 Å². The van der Waals surface area contributed by atoms with Crippen LogP contribution in [-0.4, -0.2) is 41.5 Å². The number of hydrogen-bond donors (Lipinski definition) is 0. The molecule has 0 aromatic heterocycles. The van der Waals surface area contributed by atoms with Crippen LogP contribution in [0.5, 0.6) is 11.5 Å². The van der Waals surface area contributed by atoms with Crippen LogP contribution in [0.2, 0.25) is 5.02 Å². The summed E-state index contributed by atoms with van der Waals surface area (Å²) in [5.41, 5.74) is 2.16. The van der Waals surface area contributed by atoms with Crippen molar-refractivity contribution in [2.45, 2.75) is 13.5 Å². The van der Waals surface area contributed by atoms with Gasteiger partial charge in [-0.05, 0) is 49.0 Å². The van der Waals surface area contributed by atoms with Crippen LogP contribution in [-0.2, 0) is 11.4 Å². The van der Waals surface area contributed by atoms with Crippen LogP contribution in [0, 0.1) is 0 Å². The number of carbonyl (C=O) groups is 1. The topological polar surface area (TPSA) is 42.0 Å². The van der Waals surface area contributed by atoms with Gasteiger partial charge < -0.3 is 14.4 Å². The second-order valence-electron chi connectivity index (χ2n) is 6.33. The molecule has 3 rings (SSSR count). The quantitative estimate of drug-likeness (QED) is 0.411. The maximum Gasteiger partial charge on any atom is 0.276 e. The van der Waals surface area contributed by atoms with Crippen molar-refractivity contribution < 1.29 is 14.3 Å². The van der Waals surface area contributed by atoms with Gasteiger partial charge in [-0.3, -0.25) is 9.69 Å². The lowest BCUT2D eigenvalue weighted by Crippen LogP contribution is -2.30. The molecule has 0 bridgehead atoms. The van der Waals surface area contributed by atoms with Gasteiger partial charge in [0.1, 0.15) is 12.3 Å². The normalized spacial score (nSPS) is 15.4. The monoisotopic (exact) mass is 494 g/mol. The van der Waals surface area contributed by atoms with Crippen LogP contribution in [0.15, 0.2) is 46.6 Å². The Hall–Kier alpha value is -2.09. The Bertz CT molecular complexity index is 996. The molecule has 0 spiro atoms. The van der Waals surface area contributed by atoms with Crippen LogP contribution < -0.4 is 9.47 Å². The molecule has 2 aromatic carbocycles. The minimum atomic E-state index is -0.120. The predicted octanol–water partition coefficient (Wildman–Crippen LogP) is 5.11. The van der Waals surface area contributed by atoms with Crippen molar-refractivity contribution in [1.82, 2.24) is 9.80 Å². The van der Waals surface area contributed by atoms with E-state index < -0.39 is 0 Å². The van der Waals surface area contributed by atoms with Crippen molar-refractivity contribution in [3.63, 3.8) is 0 Å². The molecule has 0 radical (unpaired) electrons. The summed E-state index contributed by atoms with van der Waals surface area (Å²) in [7, 11) is 3.36. The number of rotatable bonds is 6. The Kier molecular flexibility index (Phi) is 6.82. The van der Waals surface area contributed by atoms with E-state index in [9.17, 15) is 4.79 Å². The number of likely N-dealkylation sites (N-methyl/N-ethyl adjacent to an activating group) is 2. The molecule has 152 valence electrons. The minimum Gasteiger partial charge on any atom is -0.493 e. The lowest BCUT2D eigenvalue weighted by atomic mass is 10.1. The van der Waals surface area contributed by atoms with Gasteiger partial charge in [0, 0.05) is 28.7 Å². The first-order chi connectivity index (χ1) is 13.9. The molecule has 0 saturated carbocycles. The van der Waals surface area contributed by atoms with E-state index in [1.165, 1.54) is 0 Å². The van der Waals surface area contributed by atoms with E-state index in [-0.39, 0.29) is 5.91 Å². The van der Waals surface area contributed by atoms with Crippen LogP contribution in [0.4, 0.5) is 0 Å². The highest BCUT2D eigenvalue weighted by molar-refractivity contribution is 9.10. The molecule has 0 aliphatic carbocycles. The SMILES string of the molecule is CCN1C(=O)/C(=C/c2cc(OC)c(OCc3ccccc3Cl)cc2Br)N(C)C1=S. The second kappa shape index (κ2) is 9.15. The Morgan fingerprint density at radius 1 is 1.24 bits per heavy atom. The number of thiocarbonyl (C=S) groups is 1. The second-order valence-corrected chi connectivity index (χ2v) is 7.95. The molecule has 1 aliphatic heterocycles. The van der Waals surface area contributed by atoms with Gasteiger partial charge in [-0.1, -0.05) is 45.7 Å². The van der Waals surface area contributed by atoms with Gasteiger partial charge in [0.05, 0.1) is 7.11 Å². The standard InChI is InChI=1S/C21H20BrClN2O3S/c1-4-25-20(26)17(24(2)21(25)29)9-14-10-18(27-3)19(11-15(14)22)28-12-13-7-5-6-8-16(13)23/h5-11H,4,12H2,1-3H3/b17-9-. The smallest absolute Gasteiger partial charge is 0.276 e. The summed E-state index contributed by atoms with van der Waals surface area (Å²) in [4.78, 5) is 15.9. The third-order valence-electron chi connectivity index (χ3n) is 4.58. The molecule has 2 aromatic rings. The Morgan fingerprint density at radius 2 is 1.97 bits per heavy atom. The maximum absolute atomic E-state index is 12.6. The molecule has 0 N–H and O–H groups in total. The largest absolute Gasteiger partial charge is 0.493 e. The molecular formula is C21H20BrClN2O3S. The summed E-state index contributed by atoms with van der Waals surface area (Å²) in [6.45, 7) is 2.73. The number of halogens is 2. The summed E-state index contributed by atoms with van der Waals surface area (Å²) < 4.78 is 12.2. The van der Waals surface area contributed by atoms with E-state index in [1.54, 1.807) is 30.0 Å². The van der Waals surface area contributed by atoms with E-state index in [0.29, 0.717) is 40.5 Å². The highest BCUT2D eigenvalue weighted by Gasteiger charge is 2.34. The van der Waals surface area contributed by atoms with Crippen molar-refractivity contribution in [3.05, 3.63) is 62.7 Å². The third kappa shape index (κ3) is 4.42. The van der Waals surface area contributed by atoms with E-state index in [2.05, 4.69) is 15.9 Å². The molecule has 1 aliphatic rings. The number of methoxy groups -OCH3 is 1. The number of benzene rings is 2. The number of hydrogen-bond acceptors (Lipinski definition) is 4. The van der Waals surface area contributed by atoms with Crippen LogP contribution >= 0.6 is 39.7 Å². The molecule has 5 nitrogen and oxygen atoms in total. The highest BCUT2D eigenvalue weighted by atomic mass is 79.9. The zero-order chi connectivity index (χ0) is 21.1. The zero-order valence-corrected chi connectivity index (χ0v) is 19.4. The first-order valence-electron chi connectivity index (χ1n) is 8.92. The van der Waals surface area contributed by atoms with Gasteiger partial charge in [-0.25, -0.2) is 0 Å². The molecule has 0 unspecified atom stereocenters. The predicted molar refractivity (Wildman–Crippen MR) is 122 cm³/mol. The van der Waals surface area contributed by atoms with E-state index in [4.69, 9.17) is 33.3 Å². The zero-order valence-electron chi connectivity index (χ0n) is 16.2. The van der Waals surface area contributed by atoms with Gasteiger partial charge in [-0.15, -0.1) is 0 Å². The fraction of sp³-hybridized carbons (Fsp3) is 0.238. The lowest BCUT2D eigenvalue weighted by molar-refractivity contribution is -0.122. The van der Waals surface area contributed by atoms with Gasteiger partial charge in [-0.2, -0.15) is 0 Å².